The Kier molecular flexibility index (Phi) is 4.88. The zero-order valence-electron chi connectivity index (χ0n) is 9.79. The van der Waals surface area contributed by atoms with Crippen molar-refractivity contribution in [2.75, 3.05) is 6.54 Å². The molecule has 2 N–H and O–H groups in total. The van der Waals surface area contributed by atoms with Crippen LogP contribution in [-0.2, 0) is 16.0 Å². The number of amides is 1. The Labute approximate surface area is 104 Å². The second-order valence-electron chi connectivity index (χ2n) is 3.59. The minimum absolute atomic E-state index is 0.0915. The fourth-order valence-electron chi connectivity index (χ4n) is 1.27. The van der Waals surface area contributed by atoms with Crippen LogP contribution in [0.15, 0.2) is 18.2 Å². The van der Waals surface area contributed by atoms with Gasteiger partial charge in [0.2, 0.25) is 5.91 Å². The van der Waals surface area contributed by atoms with Gasteiger partial charge in [0.05, 0.1) is 13.0 Å². The van der Waals surface area contributed by atoms with E-state index in [-0.39, 0.29) is 24.4 Å². The molecule has 1 aromatic rings. The maximum Gasteiger partial charge on any atom is 0.307 e. The van der Waals surface area contributed by atoms with Crippen LogP contribution < -0.4 is 5.32 Å². The third-order valence-electron chi connectivity index (χ3n) is 2.05. The lowest BCUT2D eigenvalue weighted by Gasteiger charge is -2.00. The van der Waals surface area contributed by atoms with Gasteiger partial charge in [0.25, 0.3) is 0 Å². The molecule has 0 unspecified atom stereocenters. The number of nitrogens with one attached hydrogen (secondary N) is 1. The van der Waals surface area contributed by atoms with Gasteiger partial charge in [0.15, 0.2) is 0 Å². The summed E-state index contributed by atoms with van der Waals surface area (Å²) in [6.45, 7) is 1.57. The number of halogens is 1. The fraction of sp³-hybridized carbons (Fsp3) is 0.231. The number of benzene rings is 1. The van der Waals surface area contributed by atoms with E-state index in [1.165, 1.54) is 25.1 Å². The first-order valence-corrected chi connectivity index (χ1v) is 5.22. The molecule has 18 heavy (non-hydrogen) atoms. The number of carbonyl (C=O) groups excluding carboxylic acids is 1. The molecule has 0 saturated heterocycles. The topological polar surface area (TPSA) is 66.4 Å². The maximum absolute atomic E-state index is 13.3. The van der Waals surface area contributed by atoms with Crippen LogP contribution in [0.3, 0.4) is 0 Å². The highest BCUT2D eigenvalue weighted by atomic mass is 19.1. The van der Waals surface area contributed by atoms with Gasteiger partial charge in [-0.05, 0) is 18.2 Å². The second-order valence-corrected chi connectivity index (χ2v) is 3.59. The van der Waals surface area contributed by atoms with E-state index in [0.717, 1.165) is 0 Å². The quantitative estimate of drug-likeness (QED) is 0.783. The van der Waals surface area contributed by atoms with Crippen molar-refractivity contribution < 1.29 is 19.1 Å². The average Bonchev–Trinajstić information content (AvgIpc) is 2.27. The SMILES string of the molecule is CC(=O)NCC#Cc1ccc(F)c(CC(=O)O)c1. The molecule has 0 aliphatic rings. The predicted molar refractivity (Wildman–Crippen MR) is 63.3 cm³/mol. The molecule has 0 aliphatic heterocycles. The van der Waals surface area contributed by atoms with Gasteiger partial charge in [-0.25, -0.2) is 4.39 Å². The van der Waals surface area contributed by atoms with Crippen molar-refractivity contribution in [3.05, 3.63) is 35.1 Å². The lowest BCUT2D eigenvalue weighted by atomic mass is 10.1. The molecule has 0 saturated carbocycles. The van der Waals surface area contributed by atoms with Crippen molar-refractivity contribution >= 4 is 11.9 Å². The van der Waals surface area contributed by atoms with Crippen molar-refractivity contribution in [1.29, 1.82) is 0 Å². The maximum atomic E-state index is 13.3. The number of hydrogen-bond acceptors (Lipinski definition) is 2. The van der Waals surface area contributed by atoms with E-state index in [1.807, 2.05) is 0 Å². The third-order valence-corrected chi connectivity index (χ3v) is 2.05. The van der Waals surface area contributed by atoms with Crippen molar-refractivity contribution in [2.45, 2.75) is 13.3 Å². The molecule has 0 aromatic heterocycles. The summed E-state index contributed by atoms with van der Waals surface area (Å²) in [6.07, 6.45) is -0.382. The highest BCUT2D eigenvalue weighted by Crippen LogP contribution is 2.10. The molecular weight excluding hydrogens is 237 g/mol. The molecule has 1 aromatic carbocycles. The van der Waals surface area contributed by atoms with Gasteiger partial charge < -0.3 is 10.4 Å². The molecule has 0 fully saturated rings. The summed E-state index contributed by atoms with van der Waals surface area (Å²) in [6, 6.07) is 4.03. The van der Waals surface area contributed by atoms with E-state index in [2.05, 4.69) is 17.2 Å². The summed E-state index contributed by atoms with van der Waals surface area (Å²) < 4.78 is 13.3. The Hall–Kier alpha value is -2.35. The van der Waals surface area contributed by atoms with Crippen molar-refractivity contribution in [2.24, 2.45) is 0 Å². The van der Waals surface area contributed by atoms with E-state index in [4.69, 9.17) is 5.11 Å². The molecule has 0 heterocycles. The van der Waals surface area contributed by atoms with Crippen LogP contribution in [0.5, 0.6) is 0 Å². The number of carboxylic acid groups (broad SMARTS) is 1. The van der Waals surface area contributed by atoms with Crippen molar-refractivity contribution in [3.63, 3.8) is 0 Å². The summed E-state index contributed by atoms with van der Waals surface area (Å²) in [4.78, 5) is 21.1. The number of aliphatic carboxylic acids is 1. The monoisotopic (exact) mass is 249 g/mol. The molecule has 0 spiro atoms. The van der Waals surface area contributed by atoms with Crippen LogP contribution in [0, 0.1) is 17.7 Å². The smallest absolute Gasteiger partial charge is 0.307 e. The predicted octanol–water partition coefficient (Wildman–Crippen LogP) is 0.940. The number of carbonyl (C=O) groups is 2. The van der Waals surface area contributed by atoms with Crippen LogP contribution >= 0.6 is 0 Å². The molecule has 0 radical (unpaired) electrons. The lowest BCUT2D eigenvalue weighted by molar-refractivity contribution is -0.136. The second kappa shape index (κ2) is 6.40. The normalized spacial score (nSPS) is 9.22. The van der Waals surface area contributed by atoms with Gasteiger partial charge in [-0.2, -0.15) is 0 Å². The van der Waals surface area contributed by atoms with Crippen LogP contribution in [0.1, 0.15) is 18.1 Å². The van der Waals surface area contributed by atoms with Crippen molar-refractivity contribution in [3.8, 4) is 11.8 Å². The number of hydrogen-bond donors (Lipinski definition) is 2. The van der Waals surface area contributed by atoms with E-state index >= 15 is 0 Å². The highest BCUT2D eigenvalue weighted by molar-refractivity contribution is 5.73. The third kappa shape index (κ3) is 4.66. The highest BCUT2D eigenvalue weighted by Gasteiger charge is 2.06. The van der Waals surface area contributed by atoms with Gasteiger partial charge in [-0.15, -0.1) is 0 Å². The summed E-state index contributed by atoms with van der Waals surface area (Å²) in [5.74, 6) is 3.55. The molecular formula is C13H12FNO3. The zero-order valence-corrected chi connectivity index (χ0v) is 9.79. The van der Waals surface area contributed by atoms with Gasteiger partial charge in [-0.1, -0.05) is 11.8 Å². The van der Waals surface area contributed by atoms with Crippen LogP contribution in [-0.4, -0.2) is 23.5 Å². The number of rotatable bonds is 3. The Morgan fingerprint density at radius 2 is 2.17 bits per heavy atom. The Morgan fingerprint density at radius 3 is 2.78 bits per heavy atom. The fourth-order valence-corrected chi connectivity index (χ4v) is 1.27. The van der Waals surface area contributed by atoms with E-state index < -0.39 is 11.8 Å². The standard InChI is InChI=1S/C13H12FNO3/c1-9(16)15-6-2-3-10-4-5-12(14)11(7-10)8-13(17)18/h4-5,7H,6,8H2,1H3,(H,15,16)(H,17,18). The molecule has 1 rings (SSSR count). The summed E-state index contributed by atoms with van der Waals surface area (Å²) in [5, 5.41) is 11.1. The first-order valence-electron chi connectivity index (χ1n) is 5.22. The van der Waals surface area contributed by atoms with Gasteiger partial charge in [0, 0.05) is 18.1 Å². The molecule has 0 bridgehead atoms. The van der Waals surface area contributed by atoms with E-state index in [1.54, 1.807) is 0 Å². The molecule has 5 heteroatoms. The molecule has 1 amide bonds. The van der Waals surface area contributed by atoms with Crippen LogP contribution in [0.25, 0.3) is 0 Å². The first kappa shape index (κ1) is 13.7. The van der Waals surface area contributed by atoms with E-state index in [9.17, 15) is 14.0 Å². The average molecular weight is 249 g/mol. The number of carboxylic acids is 1. The van der Waals surface area contributed by atoms with Crippen LogP contribution in [0.4, 0.5) is 4.39 Å². The summed E-state index contributed by atoms with van der Waals surface area (Å²) in [7, 11) is 0. The van der Waals surface area contributed by atoms with Gasteiger partial charge in [0.1, 0.15) is 5.82 Å². The molecule has 4 nitrogen and oxygen atoms in total. The van der Waals surface area contributed by atoms with Gasteiger partial charge in [-0.3, -0.25) is 9.59 Å². The first-order chi connectivity index (χ1) is 8.49. The molecule has 0 aliphatic carbocycles. The van der Waals surface area contributed by atoms with E-state index in [0.29, 0.717) is 5.56 Å². The minimum Gasteiger partial charge on any atom is -0.481 e. The van der Waals surface area contributed by atoms with Gasteiger partial charge >= 0.3 is 5.97 Å². The Balaban J connectivity index is 2.78. The minimum atomic E-state index is -1.10. The Bertz CT molecular complexity index is 529. The lowest BCUT2D eigenvalue weighted by Crippen LogP contribution is -2.19. The molecule has 94 valence electrons. The summed E-state index contributed by atoms with van der Waals surface area (Å²) >= 11 is 0. The summed E-state index contributed by atoms with van der Waals surface area (Å²) in [5.41, 5.74) is 0.604. The van der Waals surface area contributed by atoms with Crippen molar-refractivity contribution in [1.82, 2.24) is 5.32 Å². The zero-order chi connectivity index (χ0) is 13.5. The van der Waals surface area contributed by atoms with Crippen LogP contribution in [0.2, 0.25) is 0 Å². The molecule has 0 atom stereocenters. The Morgan fingerprint density at radius 1 is 1.44 bits per heavy atom. The largest absolute Gasteiger partial charge is 0.481 e.